The van der Waals surface area contributed by atoms with Gasteiger partial charge in [0.05, 0.1) is 18.0 Å². The van der Waals surface area contributed by atoms with E-state index in [4.69, 9.17) is 11.0 Å². The summed E-state index contributed by atoms with van der Waals surface area (Å²) in [4.78, 5) is 10.5. The number of rotatable bonds is 4. The van der Waals surface area contributed by atoms with E-state index in [1.165, 1.54) is 0 Å². The lowest BCUT2D eigenvalue weighted by Crippen LogP contribution is -2.40. The lowest BCUT2D eigenvalue weighted by atomic mass is 10.2. The molecule has 0 aliphatic carbocycles. The largest absolute Gasteiger partial charge is 0.368 e. The zero-order valence-electron chi connectivity index (χ0n) is 6.79. The van der Waals surface area contributed by atoms with E-state index in [1.54, 1.807) is 13.8 Å². The van der Waals surface area contributed by atoms with E-state index in [1.807, 2.05) is 6.07 Å². The molecule has 0 rings (SSSR count). The summed E-state index contributed by atoms with van der Waals surface area (Å²) < 4.78 is 0. The second-order valence-electron chi connectivity index (χ2n) is 2.56. The molecule has 0 saturated carbocycles. The van der Waals surface area contributed by atoms with Crippen LogP contribution in [0, 0.1) is 17.2 Å². The monoisotopic (exact) mass is 155 g/mol. The summed E-state index contributed by atoms with van der Waals surface area (Å²) in [5.41, 5.74) is 4.98. The molecule has 0 fully saturated rings. The van der Waals surface area contributed by atoms with E-state index < -0.39 is 5.91 Å². The molecular formula is C7H13N3O. The molecule has 0 radical (unpaired) electrons. The Bertz CT molecular complexity index is 173. The van der Waals surface area contributed by atoms with E-state index in [-0.39, 0.29) is 12.0 Å². The van der Waals surface area contributed by atoms with E-state index in [0.717, 1.165) is 0 Å². The van der Waals surface area contributed by atoms with Crippen LogP contribution in [0.3, 0.4) is 0 Å². The predicted molar refractivity (Wildman–Crippen MR) is 41.4 cm³/mol. The van der Waals surface area contributed by atoms with Crippen LogP contribution in [0.15, 0.2) is 0 Å². The van der Waals surface area contributed by atoms with Gasteiger partial charge in [0.1, 0.15) is 0 Å². The van der Waals surface area contributed by atoms with Gasteiger partial charge in [-0.3, -0.25) is 4.79 Å². The fourth-order valence-corrected chi connectivity index (χ4v) is 0.500. The Labute approximate surface area is 66.4 Å². The number of carbonyl (C=O) groups excluding carboxylic acids is 1. The van der Waals surface area contributed by atoms with Crippen LogP contribution in [0.1, 0.15) is 13.8 Å². The van der Waals surface area contributed by atoms with Crippen molar-refractivity contribution in [3.8, 4) is 6.07 Å². The lowest BCUT2D eigenvalue weighted by molar-refractivity contribution is -0.119. The Hall–Kier alpha value is -1.08. The first-order chi connectivity index (χ1) is 5.07. The Kier molecular flexibility index (Phi) is 4.23. The van der Waals surface area contributed by atoms with Gasteiger partial charge < -0.3 is 11.1 Å². The number of amides is 1. The number of carbonyl (C=O) groups is 1. The van der Waals surface area contributed by atoms with Crippen molar-refractivity contribution in [1.82, 2.24) is 5.32 Å². The van der Waals surface area contributed by atoms with Crippen molar-refractivity contribution in [3.63, 3.8) is 0 Å². The van der Waals surface area contributed by atoms with Crippen molar-refractivity contribution in [2.45, 2.75) is 19.9 Å². The first-order valence-electron chi connectivity index (χ1n) is 3.50. The molecule has 62 valence electrons. The highest BCUT2D eigenvalue weighted by molar-refractivity contribution is 5.79. The minimum absolute atomic E-state index is 0.0863. The fraction of sp³-hybridized carbons (Fsp3) is 0.714. The van der Waals surface area contributed by atoms with Gasteiger partial charge >= 0.3 is 0 Å². The van der Waals surface area contributed by atoms with Crippen molar-refractivity contribution in [1.29, 1.82) is 5.26 Å². The van der Waals surface area contributed by atoms with Gasteiger partial charge in [0.25, 0.3) is 0 Å². The molecule has 11 heavy (non-hydrogen) atoms. The molecule has 0 saturated heterocycles. The minimum atomic E-state index is -0.393. The molecule has 0 aliphatic heterocycles. The number of hydrogen-bond donors (Lipinski definition) is 2. The van der Waals surface area contributed by atoms with Crippen LogP contribution in [0.4, 0.5) is 0 Å². The number of primary amides is 1. The zero-order chi connectivity index (χ0) is 8.85. The summed E-state index contributed by atoms with van der Waals surface area (Å²) >= 11 is 0. The summed E-state index contributed by atoms with van der Waals surface area (Å²) in [6, 6.07) is 1.69. The molecule has 4 nitrogen and oxygen atoms in total. The number of nitrogens with one attached hydrogen (secondary N) is 1. The van der Waals surface area contributed by atoms with Crippen molar-refractivity contribution < 1.29 is 4.79 Å². The molecule has 0 aromatic carbocycles. The summed E-state index contributed by atoms with van der Waals surface area (Å²) in [6.45, 7) is 3.95. The predicted octanol–water partition coefficient (Wildman–Crippen LogP) is -0.391. The number of nitrogens with zero attached hydrogens (tertiary/aromatic N) is 1. The van der Waals surface area contributed by atoms with Gasteiger partial charge in [0.2, 0.25) is 5.91 Å². The summed E-state index contributed by atoms with van der Waals surface area (Å²) in [5.74, 6) is -0.480. The second kappa shape index (κ2) is 4.69. The van der Waals surface area contributed by atoms with E-state index in [2.05, 4.69) is 5.32 Å². The third-order valence-electron chi connectivity index (χ3n) is 1.38. The maximum atomic E-state index is 10.5. The van der Waals surface area contributed by atoms with Gasteiger partial charge in [0.15, 0.2) is 0 Å². The maximum Gasteiger partial charge on any atom is 0.234 e. The topological polar surface area (TPSA) is 78.9 Å². The zero-order valence-corrected chi connectivity index (χ0v) is 6.79. The van der Waals surface area contributed by atoms with Gasteiger partial charge in [-0.2, -0.15) is 5.26 Å². The molecule has 0 aromatic heterocycles. The molecule has 3 N–H and O–H groups in total. The quantitative estimate of drug-likeness (QED) is 0.580. The Balaban J connectivity index is 3.55. The first kappa shape index (κ1) is 9.92. The highest BCUT2D eigenvalue weighted by Crippen LogP contribution is 1.89. The molecular weight excluding hydrogens is 142 g/mol. The van der Waals surface area contributed by atoms with Crippen LogP contribution in [0.5, 0.6) is 0 Å². The summed E-state index contributed by atoms with van der Waals surface area (Å²) in [6.07, 6.45) is 0. The maximum absolute atomic E-state index is 10.5. The molecule has 2 unspecified atom stereocenters. The van der Waals surface area contributed by atoms with Gasteiger partial charge in [-0.1, -0.05) is 0 Å². The second-order valence-corrected chi connectivity index (χ2v) is 2.56. The highest BCUT2D eigenvalue weighted by atomic mass is 16.1. The van der Waals surface area contributed by atoms with Crippen LogP contribution in [0.25, 0.3) is 0 Å². The van der Waals surface area contributed by atoms with Crippen LogP contribution in [0.2, 0.25) is 0 Å². The Morgan fingerprint density at radius 1 is 1.73 bits per heavy atom. The van der Waals surface area contributed by atoms with Gasteiger partial charge in [-0.15, -0.1) is 0 Å². The van der Waals surface area contributed by atoms with E-state index in [0.29, 0.717) is 6.54 Å². The molecule has 2 atom stereocenters. The normalized spacial score (nSPS) is 15.0. The third-order valence-corrected chi connectivity index (χ3v) is 1.38. The molecule has 0 aliphatic rings. The van der Waals surface area contributed by atoms with E-state index >= 15 is 0 Å². The Morgan fingerprint density at radius 3 is 2.64 bits per heavy atom. The Morgan fingerprint density at radius 2 is 2.27 bits per heavy atom. The van der Waals surface area contributed by atoms with Crippen LogP contribution < -0.4 is 11.1 Å². The van der Waals surface area contributed by atoms with Crippen LogP contribution >= 0.6 is 0 Å². The molecule has 1 amide bonds. The lowest BCUT2D eigenvalue weighted by Gasteiger charge is -2.09. The van der Waals surface area contributed by atoms with Crippen molar-refractivity contribution >= 4 is 5.91 Å². The van der Waals surface area contributed by atoms with Crippen molar-refractivity contribution in [2.24, 2.45) is 11.7 Å². The molecule has 0 aromatic rings. The average Bonchev–Trinajstić information content (AvgIpc) is 1.99. The number of hydrogen-bond acceptors (Lipinski definition) is 3. The smallest absolute Gasteiger partial charge is 0.234 e. The molecule has 0 spiro atoms. The molecule has 4 heteroatoms. The van der Waals surface area contributed by atoms with Gasteiger partial charge in [0, 0.05) is 6.54 Å². The standard InChI is InChI=1S/C7H13N3O/c1-5(3-8)4-10-6(2)7(9)11/h5-6,10H,4H2,1-2H3,(H2,9,11). The number of nitrogens with two attached hydrogens (primary N) is 1. The van der Waals surface area contributed by atoms with Gasteiger partial charge in [-0.05, 0) is 13.8 Å². The van der Waals surface area contributed by atoms with Crippen molar-refractivity contribution in [2.75, 3.05) is 6.54 Å². The molecule has 0 bridgehead atoms. The van der Waals surface area contributed by atoms with Crippen LogP contribution in [-0.2, 0) is 4.79 Å². The summed E-state index contributed by atoms with van der Waals surface area (Å²) in [7, 11) is 0. The van der Waals surface area contributed by atoms with Gasteiger partial charge in [-0.25, -0.2) is 0 Å². The summed E-state index contributed by atoms with van der Waals surface area (Å²) in [5, 5.41) is 11.2. The van der Waals surface area contributed by atoms with Crippen LogP contribution in [-0.4, -0.2) is 18.5 Å². The fourth-order valence-electron chi connectivity index (χ4n) is 0.500. The highest BCUT2D eigenvalue weighted by Gasteiger charge is 2.08. The van der Waals surface area contributed by atoms with Crippen molar-refractivity contribution in [3.05, 3.63) is 0 Å². The molecule has 0 heterocycles. The number of nitriles is 1. The minimum Gasteiger partial charge on any atom is -0.368 e. The SMILES string of the molecule is CC(C#N)CNC(C)C(N)=O. The third kappa shape index (κ3) is 4.34. The first-order valence-corrected chi connectivity index (χ1v) is 3.50. The average molecular weight is 155 g/mol. The van der Waals surface area contributed by atoms with E-state index in [9.17, 15) is 4.79 Å².